The topological polar surface area (TPSA) is 79.8 Å². The summed E-state index contributed by atoms with van der Waals surface area (Å²) in [6.07, 6.45) is -2.71. The van der Waals surface area contributed by atoms with Crippen molar-refractivity contribution in [2.45, 2.75) is 24.5 Å². The highest BCUT2D eigenvalue weighted by Gasteiger charge is 2.39. The van der Waals surface area contributed by atoms with Gasteiger partial charge in [0.1, 0.15) is 4.90 Å². The number of aromatic amines is 1. The van der Waals surface area contributed by atoms with E-state index < -0.39 is 27.6 Å². The number of nitrogens with zero attached hydrogens (tertiary/aromatic N) is 2. The van der Waals surface area contributed by atoms with Crippen molar-refractivity contribution < 1.29 is 21.6 Å². The monoisotopic (exact) mass is 392 g/mol. The van der Waals surface area contributed by atoms with Crippen molar-refractivity contribution in [1.29, 1.82) is 0 Å². The van der Waals surface area contributed by atoms with Crippen LogP contribution in [0, 0.1) is 0 Å². The molecular formula is C14H12ClF3N4O2S. The summed E-state index contributed by atoms with van der Waals surface area (Å²) in [6.45, 7) is 1.42. The highest BCUT2D eigenvalue weighted by Crippen LogP contribution is 2.36. The average Bonchev–Trinajstić information content (AvgIpc) is 3.09. The lowest BCUT2D eigenvalue weighted by Crippen LogP contribution is -2.19. The second-order valence-electron chi connectivity index (χ2n) is 5.17. The summed E-state index contributed by atoms with van der Waals surface area (Å²) >= 11 is 5.84. The molecule has 0 atom stereocenters. The van der Waals surface area contributed by atoms with Gasteiger partial charge in [0, 0.05) is 28.7 Å². The van der Waals surface area contributed by atoms with Crippen LogP contribution < -0.4 is 4.72 Å². The summed E-state index contributed by atoms with van der Waals surface area (Å²) in [4.78, 5) is 2.55. The molecule has 2 N–H and O–H groups in total. The van der Waals surface area contributed by atoms with E-state index in [-0.39, 0.29) is 11.4 Å². The van der Waals surface area contributed by atoms with Crippen molar-refractivity contribution in [3.05, 3.63) is 41.3 Å². The summed E-state index contributed by atoms with van der Waals surface area (Å²) in [6, 6.07) is 4.49. The molecule has 0 aliphatic heterocycles. The van der Waals surface area contributed by atoms with E-state index in [9.17, 15) is 21.6 Å². The minimum atomic E-state index is -4.75. The standard InChI is InChI=1S/C14H12ClF3N4O2S/c1-2-22-13(14(16,17)18)11(6-20-22)21-25(23,24)12-7-19-10-5-8(15)3-4-9(10)12/h3-7,19,21H,2H2,1H3. The zero-order valence-electron chi connectivity index (χ0n) is 12.7. The predicted molar refractivity (Wildman–Crippen MR) is 87.0 cm³/mol. The van der Waals surface area contributed by atoms with Gasteiger partial charge in [-0.25, -0.2) is 8.42 Å². The van der Waals surface area contributed by atoms with Crippen LogP contribution in [-0.4, -0.2) is 23.2 Å². The van der Waals surface area contributed by atoms with Gasteiger partial charge in [-0.1, -0.05) is 11.6 Å². The summed E-state index contributed by atoms with van der Waals surface area (Å²) in [5.41, 5.74) is -1.33. The van der Waals surface area contributed by atoms with E-state index in [4.69, 9.17) is 11.6 Å². The summed E-state index contributed by atoms with van der Waals surface area (Å²) < 4.78 is 67.5. The quantitative estimate of drug-likeness (QED) is 0.707. The summed E-state index contributed by atoms with van der Waals surface area (Å²) in [5.74, 6) is 0. The van der Waals surface area contributed by atoms with E-state index in [1.807, 2.05) is 4.72 Å². The molecule has 25 heavy (non-hydrogen) atoms. The van der Waals surface area contributed by atoms with Crippen molar-refractivity contribution in [2.24, 2.45) is 0 Å². The lowest BCUT2D eigenvalue weighted by atomic mass is 10.2. The minimum Gasteiger partial charge on any atom is -0.360 e. The van der Waals surface area contributed by atoms with Crippen LogP contribution in [0.25, 0.3) is 10.9 Å². The Bertz CT molecular complexity index is 1040. The molecule has 6 nitrogen and oxygen atoms in total. The SMILES string of the molecule is CCn1ncc(NS(=O)(=O)c2c[nH]c3cc(Cl)ccc23)c1C(F)(F)F. The van der Waals surface area contributed by atoms with E-state index in [1.54, 1.807) is 0 Å². The maximum absolute atomic E-state index is 13.2. The number of alkyl halides is 3. The number of aromatic nitrogens is 3. The van der Waals surface area contributed by atoms with E-state index in [1.165, 1.54) is 31.3 Å². The molecule has 0 bridgehead atoms. The van der Waals surface area contributed by atoms with Crippen LogP contribution >= 0.6 is 11.6 Å². The molecule has 0 aliphatic rings. The van der Waals surface area contributed by atoms with Crippen molar-refractivity contribution >= 4 is 38.2 Å². The Morgan fingerprint density at radius 2 is 2.08 bits per heavy atom. The fourth-order valence-electron chi connectivity index (χ4n) is 2.49. The zero-order chi connectivity index (χ0) is 18.4. The highest BCUT2D eigenvalue weighted by atomic mass is 35.5. The lowest BCUT2D eigenvalue weighted by molar-refractivity contribution is -0.143. The molecule has 0 amide bonds. The summed E-state index contributed by atoms with van der Waals surface area (Å²) in [5, 5.41) is 4.30. The van der Waals surface area contributed by atoms with Crippen molar-refractivity contribution in [3.8, 4) is 0 Å². The van der Waals surface area contributed by atoms with Gasteiger partial charge < -0.3 is 4.98 Å². The lowest BCUT2D eigenvalue weighted by Gasteiger charge is -2.12. The fourth-order valence-corrected chi connectivity index (χ4v) is 3.90. The fraction of sp³-hybridized carbons (Fsp3) is 0.214. The molecule has 0 radical (unpaired) electrons. The molecule has 0 aliphatic carbocycles. The number of anilines is 1. The molecule has 1 aromatic carbocycles. The van der Waals surface area contributed by atoms with Crippen molar-refractivity contribution in [3.63, 3.8) is 0 Å². The van der Waals surface area contributed by atoms with Crippen molar-refractivity contribution in [2.75, 3.05) is 4.72 Å². The average molecular weight is 393 g/mol. The number of benzene rings is 1. The van der Waals surface area contributed by atoms with E-state index in [0.29, 0.717) is 20.6 Å². The molecule has 0 spiro atoms. The molecule has 0 unspecified atom stereocenters. The number of aryl methyl sites for hydroxylation is 1. The Morgan fingerprint density at radius 1 is 1.36 bits per heavy atom. The molecule has 3 aromatic rings. The molecule has 2 heterocycles. The maximum Gasteiger partial charge on any atom is 0.435 e. The van der Waals surface area contributed by atoms with Gasteiger partial charge in [0.05, 0.1) is 11.9 Å². The Balaban J connectivity index is 2.07. The van der Waals surface area contributed by atoms with Crippen LogP contribution in [0.15, 0.2) is 35.5 Å². The number of fused-ring (bicyclic) bond motifs is 1. The third-order valence-electron chi connectivity index (χ3n) is 3.55. The smallest absolute Gasteiger partial charge is 0.360 e. The molecule has 0 saturated heterocycles. The van der Waals surface area contributed by atoms with Crippen LogP contribution in [0.2, 0.25) is 5.02 Å². The third-order valence-corrected chi connectivity index (χ3v) is 5.19. The highest BCUT2D eigenvalue weighted by molar-refractivity contribution is 7.93. The third kappa shape index (κ3) is 3.19. The number of nitrogens with one attached hydrogen (secondary N) is 2. The molecule has 3 rings (SSSR count). The van der Waals surface area contributed by atoms with E-state index in [2.05, 4.69) is 10.1 Å². The number of sulfonamides is 1. The molecular weight excluding hydrogens is 381 g/mol. The first-order valence-electron chi connectivity index (χ1n) is 7.06. The van der Waals surface area contributed by atoms with E-state index in [0.717, 1.165) is 6.20 Å². The van der Waals surface area contributed by atoms with Gasteiger partial charge in [0.15, 0.2) is 5.69 Å². The van der Waals surface area contributed by atoms with Gasteiger partial charge in [0.25, 0.3) is 10.0 Å². The van der Waals surface area contributed by atoms with Gasteiger partial charge in [0.2, 0.25) is 0 Å². The minimum absolute atomic E-state index is 0.0534. The molecule has 0 saturated carbocycles. The Morgan fingerprint density at radius 3 is 2.72 bits per heavy atom. The summed E-state index contributed by atoms with van der Waals surface area (Å²) in [7, 11) is -4.26. The van der Waals surface area contributed by atoms with E-state index >= 15 is 0 Å². The Labute approximate surface area is 145 Å². The van der Waals surface area contributed by atoms with Crippen LogP contribution in [0.5, 0.6) is 0 Å². The second-order valence-corrected chi connectivity index (χ2v) is 7.26. The van der Waals surface area contributed by atoms with Crippen LogP contribution in [-0.2, 0) is 22.7 Å². The first-order chi connectivity index (χ1) is 11.6. The molecule has 0 fully saturated rings. The van der Waals surface area contributed by atoms with Gasteiger partial charge in [-0.2, -0.15) is 18.3 Å². The maximum atomic E-state index is 13.2. The normalized spacial score (nSPS) is 12.7. The number of H-pyrrole nitrogens is 1. The van der Waals surface area contributed by atoms with Crippen LogP contribution in [0.3, 0.4) is 0 Å². The van der Waals surface area contributed by atoms with Gasteiger partial charge in [-0.3, -0.25) is 9.40 Å². The zero-order valence-corrected chi connectivity index (χ0v) is 14.3. The number of hydrogen-bond donors (Lipinski definition) is 2. The van der Waals surface area contributed by atoms with Crippen LogP contribution in [0.4, 0.5) is 18.9 Å². The molecule has 134 valence electrons. The number of hydrogen-bond acceptors (Lipinski definition) is 3. The first kappa shape index (κ1) is 17.6. The molecule has 11 heteroatoms. The first-order valence-corrected chi connectivity index (χ1v) is 8.92. The van der Waals surface area contributed by atoms with Crippen LogP contribution in [0.1, 0.15) is 12.6 Å². The van der Waals surface area contributed by atoms with Gasteiger partial charge in [-0.15, -0.1) is 0 Å². The Kier molecular flexibility index (Phi) is 4.20. The number of halogens is 4. The van der Waals surface area contributed by atoms with Crippen molar-refractivity contribution in [1.82, 2.24) is 14.8 Å². The van der Waals surface area contributed by atoms with Gasteiger partial charge >= 0.3 is 6.18 Å². The Hall–Kier alpha value is -2.20. The largest absolute Gasteiger partial charge is 0.435 e. The van der Waals surface area contributed by atoms with Gasteiger partial charge in [-0.05, 0) is 25.1 Å². The molecule has 2 aromatic heterocycles. The second kappa shape index (κ2) is 5.95. The predicted octanol–water partition coefficient (Wildman–Crippen LogP) is 3.86. The number of rotatable bonds is 4.